The van der Waals surface area contributed by atoms with Crippen LogP contribution in [-0.4, -0.2) is 56.0 Å². The second-order valence-corrected chi connectivity index (χ2v) is 6.59. The summed E-state index contributed by atoms with van der Waals surface area (Å²) in [7, 11) is 0. The zero-order chi connectivity index (χ0) is 17.1. The van der Waals surface area contributed by atoms with Crippen molar-refractivity contribution in [2.24, 2.45) is 5.73 Å². The summed E-state index contributed by atoms with van der Waals surface area (Å²) in [4.78, 5) is 29.3. The van der Waals surface area contributed by atoms with Crippen LogP contribution in [0.25, 0.3) is 0 Å². The summed E-state index contributed by atoms with van der Waals surface area (Å²) in [6, 6.07) is 6.27. The van der Waals surface area contributed by atoms with Gasteiger partial charge in [-0.2, -0.15) is 0 Å². The molecule has 6 nitrogen and oxygen atoms in total. The number of nitrogens with zero attached hydrogens (tertiary/aromatic N) is 3. The lowest BCUT2D eigenvalue weighted by Crippen LogP contribution is -2.47. The molecule has 0 bridgehead atoms. The number of nitrogens with two attached hydrogens (primary N) is 1. The molecule has 0 aliphatic carbocycles. The van der Waals surface area contributed by atoms with Gasteiger partial charge in [-0.25, -0.2) is 0 Å². The van der Waals surface area contributed by atoms with Crippen molar-refractivity contribution in [3.8, 4) is 0 Å². The van der Waals surface area contributed by atoms with Crippen LogP contribution < -0.4 is 15.5 Å². The molecule has 0 spiro atoms. The van der Waals surface area contributed by atoms with Gasteiger partial charge in [0.15, 0.2) is 0 Å². The lowest BCUT2D eigenvalue weighted by molar-refractivity contribution is -0.118. The number of hydrogen-bond acceptors (Lipinski definition) is 4. The highest BCUT2D eigenvalue weighted by Gasteiger charge is 2.27. The van der Waals surface area contributed by atoms with Crippen molar-refractivity contribution >= 4 is 23.2 Å². The average molecular weight is 330 g/mol. The first-order chi connectivity index (χ1) is 11.6. The van der Waals surface area contributed by atoms with Gasteiger partial charge in [-0.1, -0.05) is 6.07 Å². The molecule has 0 saturated carbocycles. The Morgan fingerprint density at radius 2 is 1.79 bits per heavy atom. The third-order valence-electron chi connectivity index (χ3n) is 4.99. The smallest absolute Gasteiger partial charge is 0.223 e. The van der Waals surface area contributed by atoms with Gasteiger partial charge in [0.05, 0.1) is 0 Å². The monoisotopic (exact) mass is 330 g/mol. The number of anilines is 2. The van der Waals surface area contributed by atoms with Crippen LogP contribution in [0.15, 0.2) is 18.2 Å². The summed E-state index contributed by atoms with van der Waals surface area (Å²) in [5.41, 5.74) is 8.84. The van der Waals surface area contributed by atoms with Gasteiger partial charge in [-0.05, 0) is 31.5 Å². The van der Waals surface area contributed by atoms with Gasteiger partial charge in [0.2, 0.25) is 11.8 Å². The highest BCUT2D eigenvalue weighted by atomic mass is 16.2. The van der Waals surface area contributed by atoms with Crippen molar-refractivity contribution in [3.05, 3.63) is 23.8 Å². The number of amides is 2. The van der Waals surface area contributed by atoms with Crippen LogP contribution in [0.5, 0.6) is 0 Å². The summed E-state index contributed by atoms with van der Waals surface area (Å²) < 4.78 is 0. The van der Waals surface area contributed by atoms with Gasteiger partial charge < -0.3 is 15.5 Å². The Balaban J connectivity index is 1.62. The Kier molecular flexibility index (Phi) is 5.04. The fraction of sp³-hybridized carbons (Fsp3) is 0.556. The molecule has 2 amide bonds. The maximum Gasteiger partial charge on any atom is 0.223 e. The number of rotatable bonds is 5. The summed E-state index contributed by atoms with van der Waals surface area (Å²) in [5.74, 6) is -0.103. The SMILES string of the molecule is CC(=O)N1CCc2c(N3CCN(CCCC(N)=O)CC3)cccc21. The molecule has 3 rings (SSSR count). The van der Waals surface area contributed by atoms with Crippen LogP contribution in [0.1, 0.15) is 25.3 Å². The molecule has 2 aliphatic rings. The van der Waals surface area contributed by atoms with Crippen LogP contribution in [0.4, 0.5) is 11.4 Å². The highest BCUT2D eigenvalue weighted by Crippen LogP contribution is 2.36. The minimum atomic E-state index is -0.219. The van der Waals surface area contributed by atoms with E-state index < -0.39 is 0 Å². The van der Waals surface area contributed by atoms with Gasteiger partial charge in [-0.15, -0.1) is 0 Å². The van der Waals surface area contributed by atoms with E-state index in [9.17, 15) is 9.59 Å². The fourth-order valence-corrected chi connectivity index (χ4v) is 3.73. The van der Waals surface area contributed by atoms with E-state index in [1.54, 1.807) is 6.92 Å². The first-order valence-electron chi connectivity index (χ1n) is 8.72. The normalized spacial score (nSPS) is 17.9. The second-order valence-electron chi connectivity index (χ2n) is 6.59. The quantitative estimate of drug-likeness (QED) is 0.874. The van der Waals surface area contributed by atoms with Gasteiger partial charge in [-0.3, -0.25) is 14.5 Å². The molecular formula is C18H26N4O2. The average Bonchev–Trinajstić information content (AvgIpc) is 2.99. The molecule has 130 valence electrons. The minimum absolute atomic E-state index is 0.116. The Labute approximate surface area is 143 Å². The lowest BCUT2D eigenvalue weighted by Gasteiger charge is -2.37. The predicted molar refractivity (Wildman–Crippen MR) is 95.3 cm³/mol. The van der Waals surface area contributed by atoms with Crippen LogP contribution >= 0.6 is 0 Å². The van der Waals surface area contributed by atoms with Crippen molar-refractivity contribution in [2.75, 3.05) is 49.1 Å². The highest BCUT2D eigenvalue weighted by molar-refractivity contribution is 5.95. The maximum absolute atomic E-state index is 11.8. The number of benzene rings is 1. The van der Waals surface area contributed by atoms with Gasteiger partial charge in [0, 0.05) is 63.0 Å². The third kappa shape index (κ3) is 3.53. The molecule has 24 heavy (non-hydrogen) atoms. The largest absolute Gasteiger partial charge is 0.370 e. The van der Waals surface area contributed by atoms with Gasteiger partial charge in [0.25, 0.3) is 0 Å². The zero-order valence-electron chi connectivity index (χ0n) is 14.3. The lowest BCUT2D eigenvalue weighted by atomic mass is 10.1. The van der Waals surface area contributed by atoms with Crippen LogP contribution in [0.2, 0.25) is 0 Å². The first-order valence-corrected chi connectivity index (χ1v) is 8.72. The van der Waals surface area contributed by atoms with Crippen molar-refractivity contribution in [2.45, 2.75) is 26.2 Å². The van der Waals surface area contributed by atoms with E-state index in [1.165, 1.54) is 11.3 Å². The van der Waals surface area contributed by atoms with E-state index in [1.807, 2.05) is 11.0 Å². The number of hydrogen-bond donors (Lipinski definition) is 1. The van der Waals surface area contributed by atoms with Crippen LogP contribution in [0, 0.1) is 0 Å². The molecule has 1 fully saturated rings. The molecule has 6 heteroatoms. The van der Waals surface area contributed by atoms with Crippen molar-refractivity contribution in [1.82, 2.24) is 4.90 Å². The Morgan fingerprint density at radius 1 is 1.08 bits per heavy atom. The molecular weight excluding hydrogens is 304 g/mol. The van der Waals surface area contributed by atoms with Gasteiger partial charge in [0.1, 0.15) is 0 Å². The maximum atomic E-state index is 11.8. The molecule has 1 saturated heterocycles. The Morgan fingerprint density at radius 3 is 2.46 bits per heavy atom. The van der Waals surface area contributed by atoms with Crippen molar-refractivity contribution < 1.29 is 9.59 Å². The second kappa shape index (κ2) is 7.21. The van der Waals surface area contributed by atoms with E-state index in [4.69, 9.17) is 5.73 Å². The molecule has 0 radical (unpaired) electrons. The standard InChI is InChI=1S/C18H26N4O2/c1-14(23)22-9-7-15-16(4-2-5-17(15)22)21-12-10-20(11-13-21)8-3-6-18(19)24/h2,4-5H,3,6-13H2,1H3,(H2,19,24). The van der Waals surface area contributed by atoms with E-state index >= 15 is 0 Å². The van der Waals surface area contributed by atoms with Crippen molar-refractivity contribution in [3.63, 3.8) is 0 Å². The molecule has 2 N–H and O–H groups in total. The summed E-state index contributed by atoms with van der Waals surface area (Å²) in [5, 5.41) is 0. The molecule has 0 atom stereocenters. The number of primary amides is 1. The summed E-state index contributed by atoms with van der Waals surface area (Å²) >= 11 is 0. The van der Waals surface area contributed by atoms with Crippen LogP contribution in [0.3, 0.4) is 0 Å². The van der Waals surface area contributed by atoms with E-state index in [2.05, 4.69) is 21.9 Å². The molecule has 0 aromatic heterocycles. The topological polar surface area (TPSA) is 69.9 Å². The number of fused-ring (bicyclic) bond motifs is 1. The summed E-state index contributed by atoms with van der Waals surface area (Å²) in [6.07, 6.45) is 2.24. The number of carbonyl (C=O) groups excluding carboxylic acids is 2. The molecule has 1 aromatic carbocycles. The van der Waals surface area contributed by atoms with E-state index in [-0.39, 0.29) is 11.8 Å². The Bertz CT molecular complexity index is 623. The number of carbonyl (C=O) groups is 2. The molecule has 1 aromatic rings. The number of piperazine rings is 1. The zero-order valence-corrected chi connectivity index (χ0v) is 14.3. The van der Waals surface area contributed by atoms with Gasteiger partial charge >= 0.3 is 0 Å². The molecule has 2 aliphatic heterocycles. The molecule has 0 unspecified atom stereocenters. The third-order valence-corrected chi connectivity index (χ3v) is 4.99. The van der Waals surface area contributed by atoms with Crippen LogP contribution in [-0.2, 0) is 16.0 Å². The van der Waals surface area contributed by atoms with Crippen molar-refractivity contribution in [1.29, 1.82) is 0 Å². The Hall–Kier alpha value is -2.08. The first kappa shape index (κ1) is 16.8. The fourth-order valence-electron chi connectivity index (χ4n) is 3.73. The van der Waals surface area contributed by atoms with E-state index in [0.717, 1.165) is 57.8 Å². The van der Waals surface area contributed by atoms with E-state index in [0.29, 0.717) is 6.42 Å². The predicted octanol–water partition coefficient (Wildman–Crippen LogP) is 0.983. The minimum Gasteiger partial charge on any atom is -0.370 e. The molecule has 2 heterocycles. The summed E-state index contributed by atoms with van der Waals surface area (Å²) in [6.45, 7) is 7.31.